The molecule has 0 aromatic heterocycles. The van der Waals surface area contributed by atoms with Gasteiger partial charge in [-0.1, -0.05) is 24.6 Å². The van der Waals surface area contributed by atoms with Crippen molar-refractivity contribution in [1.82, 2.24) is 0 Å². The zero-order chi connectivity index (χ0) is 10.6. The van der Waals surface area contributed by atoms with Crippen LogP contribution in [0.5, 0.6) is 0 Å². The van der Waals surface area contributed by atoms with Crippen LogP contribution in [0.25, 0.3) is 0 Å². The Labute approximate surface area is 85.7 Å². The molecule has 0 fully saturated rings. The van der Waals surface area contributed by atoms with Crippen molar-refractivity contribution in [2.45, 2.75) is 20.3 Å². The van der Waals surface area contributed by atoms with Gasteiger partial charge in [0.15, 0.2) is 0 Å². The van der Waals surface area contributed by atoms with E-state index in [0.29, 0.717) is 0 Å². The van der Waals surface area contributed by atoms with Gasteiger partial charge in [0, 0.05) is 12.6 Å². The molecule has 0 aromatic rings. The van der Waals surface area contributed by atoms with Crippen molar-refractivity contribution >= 4 is 5.71 Å². The molecule has 2 nitrogen and oxygen atoms in total. The Morgan fingerprint density at radius 3 is 2.71 bits per heavy atom. The Balaban J connectivity index is 3.16. The molecular weight excluding hydrogens is 174 g/mol. The average Bonchev–Trinajstić information content (AvgIpc) is 2.26. The van der Waals surface area contributed by atoms with Crippen LogP contribution in [0.4, 0.5) is 0 Å². The first-order chi connectivity index (χ1) is 6.74. The molecule has 0 bridgehead atoms. The van der Waals surface area contributed by atoms with Crippen molar-refractivity contribution in [3.63, 3.8) is 0 Å². The highest BCUT2D eigenvalue weighted by Crippen LogP contribution is 2.20. The Kier molecular flexibility index (Phi) is 3.69. The van der Waals surface area contributed by atoms with Gasteiger partial charge < -0.3 is 4.74 Å². The van der Waals surface area contributed by atoms with Crippen LogP contribution in [0.3, 0.4) is 0 Å². The first-order valence-electron chi connectivity index (χ1n) is 4.84. The van der Waals surface area contributed by atoms with E-state index in [-0.39, 0.29) is 0 Å². The Morgan fingerprint density at radius 1 is 1.50 bits per heavy atom. The lowest BCUT2D eigenvalue weighted by molar-refractivity contribution is 0.315. The summed E-state index contributed by atoms with van der Waals surface area (Å²) in [5, 5.41) is 0. The molecule has 0 unspecified atom stereocenters. The van der Waals surface area contributed by atoms with E-state index in [0.717, 1.165) is 17.9 Å². The highest BCUT2D eigenvalue weighted by molar-refractivity contribution is 6.14. The summed E-state index contributed by atoms with van der Waals surface area (Å²) in [6.45, 7) is 4.28. The molecule has 0 spiro atoms. The van der Waals surface area contributed by atoms with Crippen LogP contribution in [0, 0.1) is 0 Å². The summed E-state index contributed by atoms with van der Waals surface area (Å²) in [7, 11) is 3.47. The largest absolute Gasteiger partial charge is 0.494 e. The summed E-state index contributed by atoms with van der Waals surface area (Å²) >= 11 is 0. The SMILES string of the molecule is CC/C(C)=C1\C=CC=C(OC)C1=NC. The number of ether oxygens (including phenoxy) is 1. The molecule has 0 N–H and O–H groups in total. The Morgan fingerprint density at radius 2 is 2.21 bits per heavy atom. The standard InChI is InChI=1S/C12H17NO/c1-5-9(2)10-7-6-8-11(14-4)12(10)13-3/h6-8H,5H2,1-4H3/b10-9+,13-12?. The first kappa shape index (κ1) is 10.8. The zero-order valence-corrected chi connectivity index (χ0v) is 9.29. The fourth-order valence-corrected chi connectivity index (χ4v) is 1.45. The maximum absolute atomic E-state index is 5.26. The van der Waals surface area contributed by atoms with Crippen LogP contribution in [0.2, 0.25) is 0 Å². The lowest BCUT2D eigenvalue weighted by Gasteiger charge is -2.15. The highest BCUT2D eigenvalue weighted by Gasteiger charge is 2.14. The lowest BCUT2D eigenvalue weighted by atomic mass is 9.97. The van der Waals surface area contributed by atoms with E-state index in [1.165, 1.54) is 11.1 Å². The second-order valence-electron chi connectivity index (χ2n) is 3.21. The predicted octanol–water partition coefficient (Wildman–Crippen LogP) is 2.88. The fourth-order valence-electron chi connectivity index (χ4n) is 1.45. The molecule has 0 saturated heterocycles. The van der Waals surface area contributed by atoms with Gasteiger partial charge in [-0.15, -0.1) is 0 Å². The van der Waals surface area contributed by atoms with Gasteiger partial charge in [-0.2, -0.15) is 0 Å². The van der Waals surface area contributed by atoms with Crippen LogP contribution >= 0.6 is 0 Å². The summed E-state index contributed by atoms with van der Waals surface area (Å²) in [4.78, 5) is 4.26. The molecule has 76 valence electrons. The topological polar surface area (TPSA) is 21.6 Å². The van der Waals surface area contributed by atoms with Crippen molar-refractivity contribution in [2.24, 2.45) is 4.99 Å². The van der Waals surface area contributed by atoms with Gasteiger partial charge in [0.1, 0.15) is 11.5 Å². The molecule has 0 heterocycles. The maximum Gasteiger partial charge on any atom is 0.144 e. The number of nitrogens with zero attached hydrogens (tertiary/aromatic N) is 1. The van der Waals surface area contributed by atoms with E-state index < -0.39 is 0 Å². The third kappa shape index (κ3) is 1.95. The van der Waals surface area contributed by atoms with Crippen molar-refractivity contribution < 1.29 is 4.74 Å². The summed E-state index contributed by atoms with van der Waals surface area (Å²) in [6.07, 6.45) is 7.07. The van der Waals surface area contributed by atoms with E-state index in [1.807, 2.05) is 12.2 Å². The smallest absolute Gasteiger partial charge is 0.144 e. The van der Waals surface area contributed by atoms with E-state index >= 15 is 0 Å². The minimum atomic E-state index is 0.845. The van der Waals surface area contributed by atoms with E-state index in [2.05, 4.69) is 24.9 Å². The van der Waals surface area contributed by atoms with Gasteiger partial charge in [-0.3, -0.25) is 4.99 Å². The molecule has 0 saturated carbocycles. The van der Waals surface area contributed by atoms with Gasteiger partial charge >= 0.3 is 0 Å². The predicted molar refractivity (Wildman–Crippen MR) is 60.6 cm³/mol. The van der Waals surface area contributed by atoms with Crippen molar-refractivity contribution in [2.75, 3.05) is 14.2 Å². The molecule has 0 amide bonds. The third-order valence-corrected chi connectivity index (χ3v) is 2.43. The Bertz CT molecular complexity index is 332. The molecule has 0 atom stereocenters. The zero-order valence-electron chi connectivity index (χ0n) is 9.29. The highest BCUT2D eigenvalue weighted by atomic mass is 16.5. The lowest BCUT2D eigenvalue weighted by Crippen LogP contribution is -2.11. The Hall–Kier alpha value is -1.31. The number of rotatable bonds is 2. The van der Waals surface area contributed by atoms with Crippen LogP contribution in [0.1, 0.15) is 20.3 Å². The number of allylic oxidation sites excluding steroid dienone is 5. The molecule has 1 aliphatic rings. The number of hydrogen-bond donors (Lipinski definition) is 0. The molecule has 14 heavy (non-hydrogen) atoms. The summed E-state index contributed by atoms with van der Waals surface area (Å²) in [5.74, 6) is 0.845. The fraction of sp³-hybridized carbons (Fsp3) is 0.417. The minimum absolute atomic E-state index is 0.845. The van der Waals surface area contributed by atoms with Crippen LogP contribution < -0.4 is 0 Å². The van der Waals surface area contributed by atoms with E-state index in [1.54, 1.807) is 14.2 Å². The monoisotopic (exact) mass is 191 g/mol. The van der Waals surface area contributed by atoms with Gasteiger partial charge in [0.2, 0.25) is 0 Å². The molecular formula is C12H17NO. The second-order valence-corrected chi connectivity index (χ2v) is 3.21. The minimum Gasteiger partial charge on any atom is -0.494 e. The van der Waals surface area contributed by atoms with Gasteiger partial charge in [0.25, 0.3) is 0 Å². The summed E-state index contributed by atoms with van der Waals surface area (Å²) in [6, 6.07) is 0. The third-order valence-electron chi connectivity index (χ3n) is 2.43. The quantitative estimate of drug-likeness (QED) is 0.657. The molecule has 0 aromatic carbocycles. The number of methoxy groups -OCH3 is 1. The van der Waals surface area contributed by atoms with Gasteiger partial charge in [0.05, 0.1) is 7.11 Å². The van der Waals surface area contributed by atoms with Gasteiger partial charge in [-0.05, 0) is 19.4 Å². The van der Waals surface area contributed by atoms with E-state index in [9.17, 15) is 0 Å². The summed E-state index contributed by atoms with van der Waals surface area (Å²) < 4.78 is 5.26. The van der Waals surface area contributed by atoms with Crippen molar-refractivity contribution in [1.29, 1.82) is 0 Å². The van der Waals surface area contributed by atoms with Crippen LogP contribution in [0.15, 0.2) is 40.1 Å². The van der Waals surface area contributed by atoms with E-state index in [4.69, 9.17) is 4.74 Å². The maximum atomic E-state index is 5.26. The normalized spacial score (nSPS) is 22.3. The second kappa shape index (κ2) is 4.80. The number of aliphatic imine (C=N–C) groups is 1. The average molecular weight is 191 g/mol. The first-order valence-corrected chi connectivity index (χ1v) is 4.84. The van der Waals surface area contributed by atoms with Crippen LogP contribution in [-0.2, 0) is 4.74 Å². The molecule has 0 radical (unpaired) electrons. The molecule has 2 heteroatoms. The molecule has 1 aliphatic carbocycles. The summed E-state index contributed by atoms with van der Waals surface area (Å²) in [5.41, 5.74) is 3.48. The van der Waals surface area contributed by atoms with Gasteiger partial charge in [-0.25, -0.2) is 0 Å². The van der Waals surface area contributed by atoms with Crippen molar-refractivity contribution in [3.05, 3.63) is 35.1 Å². The molecule has 0 aliphatic heterocycles. The van der Waals surface area contributed by atoms with Crippen molar-refractivity contribution in [3.8, 4) is 0 Å². The molecule has 1 rings (SSSR count). The number of hydrogen-bond acceptors (Lipinski definition) is 2. The van der Waals surface area contributed by atoms with Crippen LogP contribution in [-0.4, -0.2) is 19.9 Å².